The number of thioether (sulfide) groups is 1. The van der Waals surface area contributed by atoms with Crippen molar-refractivity contribution < 1.29 is 0 Å². The number of hydrogen-bond donors (Lipinski definition) is 2. The van der Waals surface area contributed by atoms with E-state index in [1.165, 1.54) is 17.5 Å². The van der Waals surface area contributed by atoms with Crippen LogP contribution in [0.3, 0.4) is 0 Å². The summed E-state index contributed by atoms with van der Waals surface area (Å²) in [7, 11) is 0. The second-order valence-electron chi connectivity index (χ2n) is 6.32. The highest BCUT2D eigenvalue weighted by molar-refractivity contribution is 8.00. The van der Waals surface area contributed by atoms with Gasteiger partial charge in [0.05, 0.1) is 16.8 Å². The first-order chi connectivity index (χ1) is 12.2. The molecule has 0 radical (unpaired) electrons. The molecule has 1 aliphatic carbocycles. The third kappa shape index (κ3) is 2.56. The van der Waals surface area contributed by atoms with Gasteiger partial charge in [-0.1, -0.05) is 23.4 Å². The highest BCUT2D eigenvalue weighted by atomic mass is 35.5. The van der Waals surface area contributed by atoms with Gasteiger partial charge in [-0.15, -0.1) is 0 Å². The van der Waals surface area contributed by atoms with Crippen LogP contribution in [-0.2, 0) is 0 Å². The minimum Gasteiger partial charge on any atom is -0.382 e. The Morgan fingerprint density at radius 2 is 2.08 bits per heavy atom. The Morgan fingerprint density at radius 1 is 1.28 bits per heavy atom. The van der Waals surface area contributed by atoms with Crippen molar-refractivity contribution in [3.8, 4) is 5.69 Å². The minimum atomic E-state index is -0.0979. The summed E-state index contributed by atoms with van der Waals surface area (Å²) in [6.07, 6.45) is 8.20. The second-order valence-corrected chi connectivity index (χ2v) is 7.88. The summed E-state index contributed by atoms with van der Waals surface area (Å²) in [5.74, 6) is 0. The molecular formula is C18H15ClN4OS. The number of hydrogen-bond acceptors (Lipinski definition) is 5. The average molecular weight is 371 g/mol. The zero-order chi connectivity index (χ0) is 17.0. The van der Waals surface area contributed by atoms with Crippen LogP contribution in [0, 0.1) is 0 Å². The maximum absolute atomic E-state index is 13.0. The first-order valence-corrected chi connectivity index (χ1v) is 9.45. The largest absolute Gasteiger partial charge is 0.382 e. The maximum Gasteiger partial charge on any atom is 0.285 e. The predicted molar refractivity (Wildman–Crippen MR) is 99.8 cm³/mol. The van der Waals surface area contributed by atoms with E-state index in [9.17, 15) is 4.79 Å². The van der Waals surface area contributed by atoms with Crippen LogP contribution < -0.4 is 16.2 Å². The first-order valence-electron chi connectivity index (χ1n) is 8.19. The van der Waals surface area contributed by atoms with Crippen LogP contribution in [0.15, 0.2) is 58.1 Å². The molecule has 5 rings (SSSR count). The summed E-state index contributed by atoms with van der Waals surface area (Å²) in [5.41, 5.74) is 3.76. The lowest BCUT2D eigenvalue weighted by atomic mass is 10.0. The normalized spacial score (nSPS) is 20.9. The van der Waals surface area contributed by atoms with Gasteiger partial charge in [-0.2, -0.15) is 9.78 Å². The summed E-state index contributed by atoms with van der Waals surface area (Å²) in [6, 6.07) is 7.68. The van der Waals surface area contributed by atoms with E-state index in [0.29, 0.717) is 16.8 Å². The van der Waals surface area contributed by atoms with Gasteiger partial charge in [-0.05, 0) is 49.4 Å². The number of fused-ring (bicyclic) bond motifs is 3. The molecule has 126 valence electrons. The highest BCUT2D eigenvalue weighted by Crippen LogP contribution is 2.44. The lowest BCUT2D eigenvalue weighted by molar-refractivity contribution is 0.775. The third-order valence-electron chi connectivity index (χ3n) is 4.52. The van der Waals surface area contributed by atoms with Crippen LogP contribution in [0.4, 0.5) is 0 Å². The number of dihydropyridines is 1. The monoisotopic (exact) mass is 370 g/mol. The average Bonchev–Trinajstić information content (AvgIpc) is 3.34. The molecule has 2 aromatic rings. The Kier molecular flexibility index (Phi) is 3.43. The smallest absolute Gasteiger partial charge is 0.285 e. The first kappa shape index (κ1) is 15.1. The molecule has 2 aliphatic heterocycles. The lowest BCUT2D eigenvalue weighted by Crippen LogP contribution is -2.28. The van der Waals surface area contributed by atoms with Gasteiger partial charge in [0.25, 0.3) is 5.56 Å². The molecule has 5 nitrogen and oxygen atoms in total. The van der Waals surface area contributed by atoms with Gasteiger partial charge in [0, 0.05) is 27.9 Å². The van der Waals surface area contributed by atoms with E-state index in [0.717, 1.165) is 21.7 Å². The van der Waals surface area contributed by atoms with Gasteiger partial charge < -0.3 is 10.6 Å². The summed E-state index contributed by atoms with van der Waals surface area (Å²) in [6.45, 7) is 0. The van der Waals surface area contributed by atoms with E-state index >= 15 is 0 Å². The Balaban J connectivity index is 1.62. The SMILES string of the molecule is O=c1c2c(cnn1-c1ccc(Cl)cc1)C1=C(NC3CC3)C=CNC1S2. The van der Waals surface area contributed by atoms with E-state index in [1.54, 1.807) is 42.2 Å². The van der Waals surface area contributed by atoms with Crippen LogP contribution in [0.25, 0.3) is 11.3 Å². The van der Waals surface area contributed by atoms with E-state index in [2.05, 4.69) is 15.7 Å². The molecule has 0 spiro atoms. The van der Waals surface area contributed by atoms with Crippen molar-refractivity contribution in [3.63, 3.8) is 0 Å². The highest BCUT2D eigenvalue weighted by Gasteiger charge is 2.35. The van der Waals surface area contributed by atoms with Crippen LogP contribution in [0.5, 0.6) is 0 Å². The number of nitrogens with one attached hydrogen (secondary N) is 2. The van der Waals surface area contributed by atoms with Gasteiger partial charge in [-0.25, -0.2) is 0 Å². The molecule has 1 saturated carbocycles. The van der Waals surface area contributed by atoms with Gasteiger partial charge >= 0.3 is 0 Å². The Hall–Kier alpha value is -2.18. The molecule has 2 N–H and O–H groups in total. The van der Waals surface area contributed by atoms with E-state index in [4.69, 9.17) is 11.6 Å². The van der Waals surface area contributed by atoms with Crippen LogP contribution in [0.2, 0.25) is 5.02 Å². The molecule has 1 fully saturated rings. The predicted octanol–water partition coefficient (Wildman–Crippen LogP) is 2.90. The number of benzene rings is 1. The van der Waals surface area contributed by atoms with Crippen molar-refractivity contribution in [2.45, 2.75) is 29.2 Å². The molecule has 0 bridgehead atoms. The molecular weight excluding hydrogens is 356 g/mol. The Bertz CT molecular complexity index is 976. The second kappa shape index (κ2) is 5.68. The van der Waals surface area contributed by atoms with Crippen molar-refractivity contribution >= 4 is 28.9 Å². The fourth-order valence-electron chi connectivity index (χ4n) is 3.11. The van der Waals surface area contributed by atoms with Gasteiger partial charge in [0.1, 0.15) is 5.37 Å². The molecule has 0 amide bonds. The van der Waals surface area contributed by atoms with Gasteiger partial charge in [-0.3, -0.25) is 4.79 Å². The van der Waals surface area contributed by atoms with Crippen molar-refractivity contribution in [1.29, 1.82) is 0 Å². The molecule has 25 heavy (non-hydrogen) atoms. The van der Waals surface area contributed by atoms with Crippen molar-refractivity contribution in [1.82, 2.24) is 20.4 Å². The Labute approximate surface area is 153 Å². The molecule has 1 aromatic carbocycles. The van der Waals surface area contributed by atoms with Crippen LogP contribution in [0.1, 0.15) is 18.4 Å². The van der Waals surface area contributed by atoms with Crippen LogP contribution in [-0.4, -0.2) is 21.2 Å². The van der Waals surface area contributed by atoms with E-state index in [-0.39, 0.29) is 10.9 Å². The number of aromatic nitrogens is 2. The maximum atomic E-state index is 13.0. The fraction of sp³-hybridized carbons (Fsp3) is 0.222. The van der Waals surface area contributed by atoms with Crippen molar-refractivity contribution in [3.05, 3.63) is 69.4 Å². The summed E-state index contributed by atoms with van der Waals surface area (Å²) >= 11 is 7.49. The standard InChI is InChI=1S/C18H15ClN4OS/c19-10-1-5-12(6-2-10)23-18(24)16-13(9-21-23)15-14(22-11-3-4-11)7-8-20-17(15)25-16/h1-2,5-9,11,17,20,22H,3-4H2. The molecule has 0 saturated heterocycles. The quantitative estimate of drug-likeness (QED) is 0.870. The lowest BCUT2D eigenvalue weighted by Gasteiger charge is -2.21. The molecule has 1 unspecified atom stereocenters. The summed E-state index contributed by atoms with van der Waals surface area (Å²) in [4.78, 5) is 13.7. The fourth-order valence-corrected chi connectivity index (χ4v) is 4.47. The summed E-state index contributed by atoms with van der Waals surface area (Å²) in [5, 5.41) is 12.0. The van der Waals surface area contributed by atoms with E-state index in [1.807, 2.05) is 12.3 Å². The van der Waals surface area contributed by atoms with Crippen molar-refractivity contribution in [2.24, 2.45) is 0 Å². The number of halogens is 1. The van der Waals surface area contributed by atoms with Crippen molar-refractivity contribution in [2.75, 3.05) is 0 Å². The topological polar surface area (TPSA) is 59.0 Å². The van der Waals surface area contributed by atoms with Crippen LogP contribution >= 0.6 is 23.4 Å². The molecule has 3 aliphatic rings. The Morgan fingerprint density at radius 3 is 2.84 bits per heavy atom. The minimum absolute atomic E-state index is 0.0526. The number of allylic oxidation sites excluding steroid dienone is 1. The van der Waals surface area contributed by atoms with Gasteiger partial charge in [0.2, 0.25) is 0 Å². The molecule has 3 heterocycles. The molecule has 7 heteroatoms. The zero-order valence-corrected chi connectivity index (χ0v) is 14.8. The molecule has 1 aromatic heterocycles. The summed E-state index contributed by atoms with van der Waals surface area (Å²) < 4.78 is 1.43. The number of nitrogens with zero attached hydrogens (tertiary/aromatic N) is 2. The third-order valence-corrected chi connectivity index (χ3v) is 6.01. The number of rotatable bonds is 3. The zero-order valence-electron chi connectivity index (χ0n) is 13.2. The molecule has 1 atom stereocenters. The van der Waals surface area contributed by atoms with E-state index < -0.39 is 0 Å². The van der Waals surface area contributed by atoms with Gasteiger partial charge in [0.15, 0.2) is 0 Å².